The van der Waals surface area contributed by atoms with Crippen molar-refractivity contribution in [2.45, 2.75) is 25.0 Å². The summed E-state index contributed by atoms with van der Waals surface area (Å²) in [6.07, 6.45) is 1.55. The van der Waals surface area contributed by atoms with E-state index in [0.717, 1.165) is 12.8 Å². The molecule has 1 N–H and O–H groups in total. The molecule has 4 nitrogen and oxygen atoms in total. The van der Waals surface area contributed by atoms with Gasteiger partial charge in [-0.25, -0.2) is 4.39 Å². The van der Waals surface area contributed by atoms with Crippen molar-refractivity contribution in [3.63, 3.8) is 0 Å². The number of aliphatic carboxylic acids is 1. The van der Waals surface area contributed by atoms with Crippen molar-refractivity contribution in [3.05, 3.63) is 35.1 Å². The van der Waals surface area contributed by atoms with Gasteiger partial charge in [0.25, 0.3) is 0 Å². The topological polar surface area (TPSA) is 78.2 Å². The average Bonchev–Trinajstić information content (AvgIpc) is 3.07. The Morgan fingerprint density at radius 2 is 2.20 bits per heavy atom. The molecule has 0 amide bonds. The predicted molar refractivity (Wildman–Crippen MR) is 71.7 cm³/mol. The molecule has 0 spiro atoms. The molecule has 0 aromatic heterocycles. The van der Waals surface area contributed by atoms with E-state index < -0.39 is 22.6 Å². The number of nitrogens with zero attached hydrogens (tertiary/aromatic N) is 1. The average molecular weight is 295 g/mol. The van der Waals surface area contributed by atoms with Crippen LogP contribution in [-0.2, 0) is 21.3 Å². The van der Waals surface area contributed by atoms with Crippen LogP contribution < -0.4 is 0 Å². The number of benzene rings is 1. The van der Waals surface area contributed by atoms with Gasteiger partial charge >= 0.3 is 5.97 Å². The summed E-state index contributed by atoms with van der Waals surface area (Å²) in [6.45, 7) is 0. The van der Waals surface area contributed by atoms with E-state index in [4.69, 9.17) is 10.4 Å². The Hall–Kier alpha value is -1.74. The van der Waals surface area contributed by atoms with Gasteiger partial charge in [-0.05, 0) is 42.0 Å². The third-order valence-corrected chi connectivity index (χ3v) is 5.02. The summed E-state index contributed by atoms with van der Waals surface area (Å²) in [5.74, 6) is -0.978. The fourth-order valence-corrected chi connectivity index (χ4v) is 3.99. The van der Waals surface area contributed by atoms with Gasteiger partial charge in [-0.2, -0.15) is 5.26 Å². The number of rotatable bonds is 6. The smallest absolute Gasteiger partial charge is 0.303 e. The van der Waals surface area contributed by atoms with E-state index in [0.29, 0.717) is 16.9 Å². The number of nitriles is 1. The van der Waals surface area contributed by atoms with E-state index in [2.05, 4.69) is 0 Å². The van der Waals surface area contributed by atoms with Crippen molar-refractivity contribution in [1.29, 1.82) is 5.26 Å². The first-order valence-electron chi connectivity index (χ1n) is 6.19. The maximum absolute atomic E-state index is 13.2. The number of carboxylic acids is 1. The standard InChI is InChI=1S/C14H14FNO3S/c15-12-2-1-10(7-16)11(5-12)8-20(19)9-14(3-4-14)6-13(17)18/h1-2,5H,3-4,6,8-9H2,(H,17,18). The first-order valence-corrected chi connectivity index (χ1v) is 7.68. The first kappa shape index (κ1) is 14.7. The van der Waals surface area contributed by atoms with Crippen molar-refractivity contribution < 1.29 is 18.5 Å². The lowest BCUT2D eigenvalue weighted by Gasteiger charge is -2.12. The van der Waals surface area contributed by atoms with Crippen molar-refractivity contribution in [1.82, 2.24) is 0 Å². The summed E-state index contributed by atoms with van der Waals surface area (Å²) in [7, 11) is -1.30. The third-order valence-electron chi connectivity index (χ3n) is 3.45. The van der Waals surface area contributed by atoms with Crippen LogP contribution in [0.4, 0.5) is 4.39 Å². The summed E-state index contributed by atoms with van der Waals surface area (Å²) in [4.78, 5) is 10.7. The van der Waals surface area contributed by atoms with E-state index in [1.165, 1.54) is 18.2 Å². The van der Waals surface area contributed by atoms with Crippen molar-refractivity contribution >= 4 is 16.8 Å². The lowest BCUT2D eigenvalue weighted by atomic mass is 10.1. The van der Waals surface area contributed by atoms with Gasteiger partial charge in [0.1, 0.15) is 5.82 Å². The highest BCUT2D eigenvalue weighted by Crippen LogP contribution is 2.49. The Kier molecular flexibility index (Phi) is 4.19. The predicted octanol–water partition coefficient (Wildman–Crippen LogP) is 2.20. The molecule has 0 bridgehead atoms. The molecule has 1 aliphatic rings. The molecule has 2 rings (SSSR count). The largest absolute Gasteiger partial charge is 0.481 e. The quantitative estimate of drug-likeness (QED) is 0.872. The second-order valence-corrected chi connectivity index (χ2v) is 6.67. The third kappa shape index (κ3) is 3.64. The van der Waals surface area contributed by atoms with Gasteiger partial charge in [0.05, 0.1) is 18.1 Å². The lowest BCUT2D eigenvalue weighted by molar-refractivity contribution is -0.138. The molecule has 1 saturated carbocycles. The molecular formula is C14H14FNO3S. The number of carboxylic acid groups (broad SMARTS) is 1. The number of hydrogen-bond donors (Lipinski definition) is 1. The zero-order chi connectivity index (χ0) is 14.8. The molecule has 20 heavy (non-hydrogen) atoms. The van der Waals surface area contributed by atoms with Crippen LogP contribution in [0.15, 0.2) is 18.2 Å². The molecular weight excluding hydrogens is 281 g/mol. The SMILES string of the molecule is N#Cc1ccc(F)cc1CS(=O)CC1(CC(=O)O)CC1. The van der Waals surface area contributed by atoms with Crippen LogP contribution in [0, 0.1) is 22.6 Å². The summed E-state index contributed by atoms with van der Waals surface area (Å²) in [6, 6.07) is 5.72. The number of carbonyl (C=O) groups is 1. The summed E-state index contributed by atoms with van der Waals surface area (Å²) < 4.78 is 25.3. The minimum Gasteiger partial charge on any atom is -0.481 e. The fraction of sp³-hybridized carbons (Fsp3) is 0.429. The van der Waals surface area contributed by atoms with Gasteiger partial charge in [-0.1, -0.05) is 0 Å². The summed E-state index contributed by atoms with van der Waals surface area (Å²) >= 11 is 0. The Morgan fingerprint density at radius 3 is 2.75 bits per heavy atom. The molecule has 0 radical (unpaired) electrons. The van der Waals surface area contributed by atoms with E-state index in [1.54, 1.807) is 0 Å². The second kappa shape index (κ2) is 5.71. The van der Waals surface area contributed by atoms with Gasteiger partial charge in [-0.3, -0.25) is 9.00 Å². The number of hydrogen-bond acceptors (Lipinski definition) is 3. The molecule has 1 atom stereocenters. The normalized spacial score (nSPS) is 17.2. The first-order chi connectivity index (χ1) is 9.44. The van der Waals surface area contributed by atoms with Crippen LogP contribution in [0.25, 0.3) is 0 Å². The highest BCUT2D eigenvalue weighted by Gasteiger charge is 2.45. The minimum absolute atomic E-state index is 0.0208. The lowest BCUT2D eigenvalue weighted by Crippen LogP contribution is -2.17. The molecule has 106 valence electrons. The molecule has 1 aliphatic carbocycles. The Morgan fingerprint density at radius 1 is 1.50 bits per heavy atom. The summed E-state index contributed by atoms with van der Waals surface area (Å²) in [5.41, 5.74) is 0.358. The van der Waals surface area contributed by atoms with Gasteiger partial charge in [-0.15, -0.1) is 0 Å². The van der Waals surface area contributed by atoms with Crippen LogP contribution in [-0.4, -0.2) is 21.0 Å². The van der Waals surface area contributed by atoms with Gasteiger partial charge in [0, 0.05) is 22.3 Å². The van der Waals surface area contributed by atoms with Crippen LogP contribution in [0.2, 0.25) is 0 Å². The van der Waals surface area contributed by atoms with E-state index in [-0.39, 0.29) is 17.6 Å². The molecule has 1 aromatic carbocycles. The molecule has 1 unspecified atom stereocenters. The second-order valence-electron chi connectivity index (χ2n) is 5.21. The van der Waals surface area contributed by atoms with E-state index in [9.17, 15) is 13.4 Å². The highest BCUT2D eigenvalue weighted by atomic mass is 32.2. The minimum atomic E-state index is -1.30. The van der Waals surface area contributed by atoms with Crippen LogP contribution in [0.1, 0.15) is 30.4 Å². The van der Waals surface area contributed by atoms with Crippen LogP contribution in [0.3, 0.4) is 0 Å². The van der Waals surface area contributed by atoms with Gasteiger partial charge in [0.2, 0.25) is 0 Å². The number of halogens is 1. The Balaban J connectivity index is 2.04. The van der Waals surface area contributed by atoms with Crippen molar-refractivity contribution in [2.75, 3.05) is 5.75 Å². The molecule has 0 aliphatic heterocycles. The Labute approximate surface area is 118 Å². The maximum Gasteiger partial charge on any atom is 0.303 e. The fourth-order valence-electron chi connectivity index (χ4n) is 2.23. The van der Waals surface area contributed by atoms with Gasteiger partial charge in [0.15, 0.2) is 0 Å². The molecule has 0 heterocycles. The van der Waals surface area contributed by atoms with E-state index >= 15 is 0 Å². The van der Waals surface area contributed by atoms with Crippen molar-refractivity contribution in [2.24, 2.45) is 5.41 Å². The Bertz CT molecular complexity index is 605. The summed E-state index contributed by atoms with van der Waals surface area (Å²) in [5, 5.41) is 17.8. The molecule has 6 heteroatoms. The zero-order valence-electron chi connectivity index (χ0n) is 10.8. The van der Waals surface area contributed by atoms with Crippen molar-refractivity contribution in [3.8, 4) is 6.07 Å². The van der Waals surface area contributed by atoms with Gasteiger partial charge < -0.3 is 5.11 Å². The van der Waals surface area contributed by atoms with Crippen LogP contribution in [0.5, 0.6) is 0 Å². The zero-order valence-corrected chi connectivity index (χ0v) is 11.6. The molecule has 0 saturated heterocycles. The molecule has 1 fully saturated rings. The highest BCUT2D eigenvalue weighted by molar-refractivity contribution is 7.84. The van der Waals surface area contributed by atoms with Crippen LogP contribution >= 0.6 is 0 Å². The molecule has 1 aromatic rings. The van der Waals surface area contributed by atoms with E-state index in [1.807, 2.05) is 6.07 Å². The monoisotopic (exact) mass is 295 g/mol. The maximum atomic E-state index is 13.2.